The zero-order valence-electron chi connectivity index (χ0n) is 25.5. The lowest BCUT2D eigenvalue weighted by atomic mass is 10.1. The monoisotopic (exact) mass is 650 g/mol. The number of anilines is 2. The molecular formula is C37H32Cl2N4O3. The number of aryl methyl sites for hydroxylation is 1. The van der Waals surface area contributed by atoms with Crippen LogP contribution in [-0.4, -0.2) is 20.7 Å². The molecule has 0 bridgehead atoms. The summed E-state index contributed by atoms with van der Waals surface area (Å²) in [5.74, 6) is 0.0923. The van der Waals surface area contributed by atoms with E-state index in [-0.39, 0.29) is 25.6 Å². The Hall–Kier alpha value is -4.85. The molecule has 46 heavy (non-hydrogen) atoms. The number of esters is 1. The predicted octanol–water partition coefficient (Wildman–Crippen LogP) is 9.01. The lowest BCUT2D eigenvalue weighted by Gasteiger charge is -2.15. The maximum absolute atomic E-state index is 13.0. The van der Waals surface area contributed by atoms with Crippen LogP contribution in [0.25, 0.3) is 10.9 Å². The fourth-order valence-corrected chi connectivity index (χ4v) is 5.91. The average Bonchev–Trinajstić information content (AvgIpc) is 3.31. The third-order valence-electron chi connectivity index (χ3n) is 8.04. The molecule has 232 valence electrons. The summed E-state index contributed by atoms with van der Waals surface area (Å²) in [5.41, 5.74) is 8.17. The van der Waals surface area contributed by atoms with Crippen LogP contribution in [0.15, 0.2) is 103 Å². The summed E-state index contributed by atoms with van der Waals surface area (Å²) < 4.78 is 14.3. The Balaban J connectivity index is 1.15. The summed E-state index contributed by atoms with van der Waals surface area (Å²) in [5, 5.41) is 13.9. The third kappa shape index (κ3) is 6.86. The van der Waals surface area contributed by atoms with Gasteiger partial charge in [-0.2, -0.15) is 5.10 Å². The molecule has 6 rings (SSSR count). The van der Waals surface area contributed by atoms with Crippen molar-refractivity contribution in [2.24, 2.45) is 0 Å². The van der Waals surface area contributed by atoms with Crippen LogP contribution in [0.5, 0.6) is 5.88 Å². The van der Waals surface area contributed by atoms with Crippen molar-refractivity contribution in [3.05, 3.63) is 147 Å². The van der Waals surface area contributed by atoms with Crippen molar-refractivity contribution in [1.29, 1.82) is 0 Å². The number of nitrogens with zero attached hydrogens (tertiary/aromatic N) is 3. The lowest BCUT2D eigenvalue weighted by molar-refractivity contribution is -0.144. The predicted molar refractivity (Wildman–Crippen MR) is 183 cm³/mol. The first-order valence-corrected chi connectivity index (χ1v) is 15.6. The molecule has 0 atom stereocenters. The first-order valence-electron chi connectivity index (χ1n) is 14.9. The first kappa shape index (κ1) is 31.1. The Morgan fingerprint density at radius 3 is 2.20 bits per heavy atom. The van der Waals surface area contributed by atoms with E-state index >= 15 is 0 Å². The number of fused-ring (bicyclic) bond motifs is 1. The number of aromatic nitrogens is 3. The molecule has 4 aromatic carbocycles. The molecule has 0 aliphatic heterocycles. The van der Waals surface area contributed by atoms with E-state index in [9.17, 15) is 4.79 Å². The summed E-state index contributed by atoms with van der Waals surface area (Å²) in [6.07, 6.45) is 1.86. The Bertz CT molecular complexity index is 1990. The van der Waals surface area contributed by atoms with E-state index in [1.165, 1.54) is 5.56 Å². The van der Waals surface area contributed by atoms with Crippen LogP contribution in [0.4, 0.5) is 11.4 Å². The summed E-state index contributed by atoms with van der Waals surface area (Å²) in [6.45, 7) is 5.22. The maximum Gasteiger partial charge on any atom is 0.310 e. The van der Waals surface area contributed by atoms with E-state index in [1.807, 2.05) is 66.7 Å². The van der Waals surface area contributed by atoms with Crippen LogP contribution in [0.3, 0.4) is 0 Å². The van der Waals surface area contributed by atoms with E-state index in [4.69, 9.17) is 32.7 Å². The van der Waals surface area contributed by atoms with Gasteiger partial charge in [0.2, 0.25) is 0 Å². The highest BCUT2D eigenvalue weighted by Crippen LogP contribution is 2.34. The highest BCUT2D eigenvalue weighted by Gasteiger charge is 2.18. The Morgan fingerprint density at radius 2 is 1.46 bits per heavy atom. The fraction of sp³-hybridized carbons (Fsp3) is 0.162. The Labute approximate surface area is 277 Å². The Kier molecular flexibility index (Phi) is 9.52. The lowest BCUT2D eigenvalue weighted by Crippen LogP contribution is -2.11. The normalized spacial score (nSPS) is 11.0. The zero-order chi connectivity index (χ0) is 32.0. The number of para-hydroxylation sites is 2. The number of carbonyl (C=O) groups is 1. The number of ether oxygens (including phenoxy) is 2. The molecule has 2 heterocycles. The Morgan fingerprint density at radius 1 is 0.804 bits per heavy atom. The van der Waals surface area contributed by atoms with Gasteiger partial charge in [-0.3, -0.25) is 4.79 Å². The van der Waals surface area contributed by atoms with Gasteiger partial charge in [-0.05, 0) is 59.9 Å². The average molecular weight is 652 g/mol. The number of benzene rings is 4. The molecule has 1 N–H and O–H groups in total. The van der Waals surface area contributed by atoms with Crippen molar-refractivity contribution >= 4 is 51.4 Å². The van der Waals surface area contributed by atoms with Crippen LogP contribution >= 0.6 is 23.2 Å². The maximum atomic E-state index is 13.0. The first-order chi connectivity index (χ1) is 22.4. The van der Waals surface area contributed by atoms with Crippen molar-refractivity contribution in [3.8, 4) is 5.88 Å². The van der Waals surface area contributed by atoms with Crippen LogP contribution < -0.4 is 10.1 Å². The highest BCUT2D eigenvalue weighted by molar-refractivity contribution is 6.39. The van der Waals surface area contributed by atoms with E-state index in [0.29, 0.717) is 28.2 Å². The highest BCUT2D eigenvalue weighted by atomic mass is 35.5. The SMILES string of the molecule is Cc1c(C)n(Cc2ccccc2)c2c(OCc3ccccc3COC(=O)Cc3ccccc3Nc3c(Cl)cccc3Cl)nncc12. The number of rotatable bonds is 11. The van der Waals surface area contributed by atoms with Gasteiger partial charge in [-0.25, -0.2) is 0 Å². The summed E-state index contributed by atoms with van der Waals surface area (Å²) in [4.78, 5) is 13.0. The van der Waals surface area contributed by atoms with Gasteiger partial charge in [-0.15, -0.1) is 5.10 Å². The molecule has 7 nitrogen and oxygen atoms in total. The largest absolute Gasteiger partial charge is 0.470 e. The van der Waals surface area contributed by atoms with E-state index < -0.39 is 0 Å². The second kappa shape index (κ2) is 14.1. The molecule has 0 amide bonds. The minimum absolute atomic E-state index is 0.0681. The van der Waals surface area contributed by atoms with Crippen LogP contribution in [0.2, 0.25) is 10.0 Å². The fourth-order valence-electron chi connectivity index (χ4n) is 5.42. The molecule has 0 saturated carbocycles. The molecular weight excluding hydrogens is 619 g/mol. The van der Waals surface area contributed by atoms with Crippen LogP contribution in [-0.2, 0) is 35.7 Å². The number of halogens is 2. The molecule has 0 saturated heterocycles. The van der Waals surface area contributed by atoms with E-state index in [0.717, 1.165) is 44.5 Å². The molecule has 0 unspecified atom stereocenters. The van der Waals surface area contributed by atoms with Crippen LogP contribution in [0.1, 0.15) is 33.5 Å². The van der Waals surface area contributed by atoms with Crippen molar-refractivity contribution in [2.45, 2.75) is 40.0 Å². The van der Waals surface area contributed by atoms with Gasteiger partial charge in [0.25, 0.3) is 5.88 Å². The number of hydrogen-bond acceptors (Lipinski definition) is 6. The number of nitrogens with one attached hydrogen (secondary N) is 1. The second-order valence-electron chi connectivity index (χ2n) is 11.0. The van der Waals surface area contributed by atoms with Gasteiger partial charge in [-0.1, -0.05) is 102 Å². The quantitative estimate of drug-likeness (QED) is 0.141. The minimum atomic E-state index is -0.365. The molecule has 0 radical (unpaired) electrons. The van der Waals surface area contributed by atoms with Gasteiger partial charge in [0.05, 0.1) is 28.4 Å². The molecule has 0 aliphatic carbocycles. The number of carbonyl (C=O) groups excluding carboxylic acids is 1. The number of hydrogen-bond donors (Lipinski definition) is 1. The van der Waals surface area contributed by atoms with E-state index in [2.05, 4.69) is 46.1 Å². The van der Waals surface area contributed by atoms with Crippen LogP contribution in [0, 0.1) is 13.8 Å². The molecule has 9 heteroatoms. The van der Waals surface area contributed by atoms with Crippen molar-refractivity contribution in [2.75, 3.05) is 5.32 Å². The molecule has 2 aromatic heterocycles. The topological polar surface area (TPSA) is 78.3 Å². The molecule has 0 aliphatic rings. The van der Waals surface area contributed by atoms with Gasteiger partial charge >= 0.3 is 5.97 Å². The standard InChI is InChI=1S/C37H32Cl2N4O3/c1-24-25(2)43(21-26-11-4-3-5-12-26)36-30(24)20-40-42-37(36)46-23-29-15-7-6-14-28(29)22-45-34(44)19-27-13-8-9-18-33(27)41-35-31(38)16-10-17-32(35)39/h3-18,20,41H,19,21-23H2,1-2H3. The van der Waals surface area contributed by atoms with E-state index in [1.54, 1.807) is 24.4 Å². The van der Waals surface area contributed by atoms with Gasteiger partial charge in [0.15, 0.2) is 0 Å². The molecule has 0 spiro atoms. The summed E-state index contributed by atoms with van der Waals surface area (Å²) >= 11 is 12.7. The summed E-state index contributed by atoms with van der Waals surface area (Å²) in [7, 11) is 0. The van der Waals surface area contributed by atoms with Crippen molar-refractivity contribution < 1.29 is 14.3 Å². The molecule has 0 fully saturated rings. The van der Waals surface area contributed by atoms with Gasteiger partial charge < -0.3 is 19.4 Å². The zero-order valence-corrected chi connectivity index (χ0v) is 27.0. The van der Waals surface area contributed by atoms with Crippen molar-refractivity contribution in [3.63, 3.8) is 0 Å². The second-order valence-corrected chi connectivity index (χ2v) is 11.8. The third-order valence-corrected chi connectivity index (χ3v) is 8.67. The van der Waals surface area contributed by atoms with Gasteiger partial charge in [0, 0.05) is 23.3 Å². The van der Waals surface area contributed by atoms with Crippen molar-refractivity contribution in [1.82, 2.24) is 14.8 Å². The molecule has 6 aromatic rings. The smallest absolute Gasteiger partial charge is 0.310 e. The summed E-state index contributed by atoms with van der Waals surface area (Å²) in [6, 6.07) is 30.8. The minimum Gasteiger partial charge on any atom is -0.470 e. The van der Waals surface area contributed by atoms with Gasteiger partial charge in [0.1, 0.15) is 18.7 Å².